The van der Waals surface area contributed by atoms with Crippen molar-refractivity contribution in [2.75, 3.05) is 6.54 Å². The van der Waals surface area contributed by atoms with E-state index in [1.54, 1.807) is 30.3 Å². The standard InChI is InChI=1S/C17H17F4N3O/c1-22-15(14(25)16(7-8-16)17(19,20)21)23-24-10-12(18)9-13(24)11-5-3-2-4-6-11/h2-6,12-13H,1,7-10H2/b23-15-. The van der Waals surface area contributed by atoms with Crippen LogP contribution in [0, 0.1) is 5.41 Å². The number of hydrogen-bond donors (Lipinski definition) is 0. The van der Waals surface area contributed by atoms with Crippen LogP contribution < -0.4 is 0 Å². The lowest BCUT2D eigenvalue weighted by Crippen LogP contribution is -2.37. The predicted molar refractivity (Wildman–Crippen MR) is 85.1 cm³/mol. The Morgan fingerprint density at radius 3 is 2.40 bits per heavy atom. The molecule has 4 nitrogen and oxygen atoms in total. The number of hydrazone groups is 1. The van der Waals surface area contributed by atoms with Crippen LogP contribution >= 0.6 is 0 Å². The number of aliphatic imine (C=N–C) groups is 1. The monoisotopic (exact) mass is 355 g/mol. The van der Waals surface area contributed by atoms with Gasteiger partial charge in [0.1, 0.15) is 11.6 Å². The number of halogens is 4. The van der Waals surface area contributed by atoms with Gasteiger partial charge in [0.2, 0.25) is 11.6 Å². The molecule has 0 radical (unpaired) electrons. The van der Waals surface area contributed by atoms with Crippen LogP contribution in [0.4, 0.5) is 17.6 Å². The third kappa shape index (κ3) is 3.17. The van der Waals surface area contributed by atoms with Crippen molar-refractivity contribution >= 4 is 18.3 Å². The molecule has 2 atom stereocenters. The van der Waals surface area contributed by atoms with Crippen LogP contribution in [0.5, 0.6) is 0 Å². The summed E-state index contributed by atoms with van der Waals surface area (Å²) in [4.78, 5) is 15.7. The first-order chi connectivity index (χ1) is 11.8. The molecule has 1 aromatic carbocycles. The Hall–Kier alpha value is -2.25. The molecule has 0 aromatic heterocycles. The molecule has 134 valence electrons. The van der Waals surface area contributed by atoms with Crippen molar-refractivity contribution in [3.63, 3.8) is 0 Å². The highest BCUT2D eigenvalue weighted by molar-refractivity contribution is 6.42. The van der Waals surface area contributed by atoms with Gasteiger partial charge >= 0.3 is 6.18 Å². The molecule has 1 saturated heterocycles. The van der Waals surface area contributed by atoms with Crippen molar-refractivity contribution in [3.05, 3.63) is 35.9 Å². The molecule has 0 spiro atoms. The number of hydrogen-bond acceptors (Lipinski definition) is 3. The van der Waals surface area contributed by atoms with E-state index in [0.29, 0.717) is 0 Å². The molecule has 25 heavy (non-hydrogen) atoms. The molecule has 1 aliphatic heterocycles. The van der Waals surface area contributed by atoms with Crippen LogP contribution in [-0.2, 0) is 4.79 Å². The second kappa shape index (κ2) is 6.24. The van der Waals surface area contributed by atoms with E-state index in [4.69, 9.17) is 0 Å². The molecule has 0 amide bonds. The summed E-state index contributed by atoms with van der Waals surface area (Å²) in [6, 6.07) is 8.48. The van der Waals surface area contributed by atoms with E-state index in [2.05, 4.69) is 16.8 Å². The minimum Gasteiger partial charge on any atom is -0.290 e. The Bertz CT molecular complexity index is 698. The van der Waals surface area contributed by atoms with Crippen molar-refractivity contribution in [3.8, 4) is 0 Å². The molecular weight excluding hydrogens is 338 g/mol. The van der Waals surface area contributed by atoms with E-state index >= 15 is 0 Å². The fourth-order valence-corrected chi connectivity index (χ4v) is 3.11. The van der Waals surface area contributed by atoms with Crippen LogP contribution in [0.1, 0.15) is 30.9 Å². The van der Waals surface area contributed by atoms with E-state index in [1.807, 2.05) is 0 Å². The summed E-state index contributed by atoms with van der Waals surface area (Å²) in [5, 5.41) is 5.25. The Balaban J connectivity index is 1.88. The van der Waals surface area contributed by atoms with Crippen molar-refractivity contribution < 1.29 is 22.4 Å². The number of nitrogens with zero attached hydrogens (tertiary/aromatic N) is 3. The van der Waals surface area contributed by atoms with Gasteiger partial charge in [0.15, 0.2) is 0 Å². The number of carbonyl (C=O) groups excluding carboxylic acids is 1. The van der Waals surface area contributed by atoms with E-state index in [1.165, 1.54) is 5.01 Å². The van der Waals surface area contributed by atoms with Gasteiger partial charge in [-0.15, -0.1) is 0 Å². The SMILES string of the molecule is C=N/C(=N\N1CC(F)CC1c1ccccc1)C(=O)C1(C(F)(F)F)CC1. The van der Waals surface area contributed by atoms with Crippen molar-refractivity contribution in [1.82, 2.24) is 5.01 Å². The lowest BCUT2D eigenvalue weighted by atomic mass is 9.99. The molecule has 0 N–H and O–H groups in total. The summed E-state index contributed by atoms with van der Waals surface area (Å²) in [6.45, 7) is 3.07. The number of alkyl halides is 4. The number of rotatable bonds is 4. The molecule has 3 rings (SSSR count). The number of ketones is 1. The van der Waals surface area contributed by atoms with Crippen LogP contribution in [0.25, 0.3) is 0 Å². The quantitative estimate of drug-likeness (QED) is 0.470. The van der Waals surface area contributed by atoms with Crippen molar-refractivity contribution in [2.45, 2.75) is 37.7 Å². The normalized spacial score (nSPS) is 25.8. The van der Waals surface area contributed by atoms with Gasteiger partial charge in [0.05, 0.1) is 12.6 Å². The average molecular weight is 355 g/mol. The van der Waals surface area contributed by atoms with Crippen LogP contribution in [-0.4, -0.2) is 42.2 Å². The fraction of sp³-hybridized carbons (Fsp3) is 0.471. The number of carbonyl (C=O) groups is 1. The Kier molecular flexibility index (Phi) is 4.38. The van der Waals surface area contributed by atoms with Gasteiger partial charge in [0.25, 0.3) is 0 Å². The lowest BCUT2D eigenvalue weighted by Gasteiger charge is -2.23. The van der Waals surface area contributed by atoms with Crippen LogP contribution in [0.3, 0.4) is 0 Å². The zero-order valence-corrected chi connectivity index (χ0v) is 13.3. The predicted octanol–water partition coefficient (Wildman–Crippen LogP) is 3.70. The third-order valence-corrected chi connectivity index (χ3v) is 4.71. The van der Waals surface area contributed by atoms with Gasteiger partial charge in [-0.05, 0) is 25.1 Å². The molecule has 0 bridgehead atoms. The average Bonchev–Trinajstić information content (AvgIpc) is 3.32. The van der Waals surface area contributed by atoms with E-state index in [-0.39, 0.29) is 25.8 Å². The van der Waals surface area contributed by atoms with E-state index < -0.39 is 35.4 Å². The van der Waals surface area contributed by atoms with Crippen molar-refractivity contribution in [1.29, 1.82) is 0 Å². The Morgan fingerprint density at radius 1 is 1.24 bits per heavy atom. The van der Waals surface area contributed by atoms with Crippen LogP contribution in [0.15, 0.2) is 40.4 Å². The Morgan fingerprint density at radius 2 is 1.88 bits per heavy atom. The van der Waals surface area contributed by atoms with Gasteiger partial charge in [-0.1, -0.05) is 30.3 Å². The molecular formula is C17H17F4N3O. The number of benzene rings is 1. The first kappa shape index (κ1) is 17.6. The second-order valence-electron chi connectivity index (χ2n) is 6.37. The minimum absolute atomic E-state index is 0.106. The number of Topliss-reactive ketones (excluding diaryl/α,β-unsaturated/α-hetero) is 1. The first-order valence-corrected chi connectivity index (χ1v) is 7.91. The number of amidine groups is 1. The molecule has 2 unspecified atom stereocenters. The van der Waals surface area contributed by atoms with E-state index in [0.717, 1.165) is 5.56 Å². The maximum absolute atomic E-state index is 13.9. The summed E-state index contributed by atoms with van der Waals surface area (Å²) < 4.78 is 53.3. The van der Waals surface area contributed by atoms with Crippen LogP contribution in [0.2, 0.25) is 0 Å². The maximum atomic E-state index is 13.9. The molecule has 8 heteroatoms. The zero-order chi connectivity index (χ0) is 18.2. The third-order valence-electron chi connectivity index (χ3n) is 4.71. The van der Waals surface area contributed by atoms with Gasteiger partial charge in [-0.25, -0.2) is 9.38 Å². The molecule has 1 saturated carbocycles. The summed E-state index contributed by atoms with van der Waals surface area (Å²) >= 11 is 0. The zero-order valence-electron chi connectivity index (χ0n) is 13.3. The topological polar surface area (TPSA) is 45.0 Å². The maximum Gasteiger partial charge on any atom is 0.401 e. The largest absolute Gasteiger partial charge is 0.401 e. The Labute approximate surface area is 142 Å². The summed E-state index contributed by atoms with van der Waals surface area (Å²) in [7, 11) is 0. The molecule has 1 aliphatic carbocycles. The highest BCUT2D eigenvalue weighted by atomic mass is 19.4. The smallest absolute Gasteiger partial charge is 0.290 e. The lowest BCUT2D eigenvalue weighted by molar-refractivity contribution is -0.187. The molecule has 1 aromatic rings. The van der Waals surface area contributed by atoms with E-state index in [9.17, 15) is 22.4 Å². The highest BCUT2D eigenvalue weighted by Crippen LogP contribution is 2.58. The first-order valence-electron chi connectivity index (χ1n) is 7.91. The summed E-state index contributed by atoms with van der Waals surface area (Å²) in [6.07, 6.45) is -6.25. The minimum atomic E-state index is -4.65. The van der Waals surface area contributed by atoms with Crippen molar-refractivity contribution in [2.24, 2.45) is 15.5 Å². The summed E-state index contributed by atoms with van der Waals surface area (Å²) in [5.74, 6) is -1.80. The van der Waals surface area contributed by atoms with Gasteiger partial charge < -0.3 is 0 Å². The second-order valence-corrected chi connectivity index (χ2v) is 6.37. The molecule has 2 fully saturated rings. The fourth-order valence-electron chi connectivity index (χ4n) is 3.11. The van der Waals surface area contributed by atoms with Gasteiger partial charge in [0, 0.05) is 6.42 Å². The summed E-state index contributed by atoms with van der Waals surface area (Å²) in [5.41, 5.74) is -1.64. The van der Waals surface area contributed by atoms with Gasteiger partial charge in [-0.2, -0.15) is 18.3 Å². The molecule has 2 aliphatic rings. The molecule has 1 heterocycles. The highest BCUT2D eigenvalue weighted by Gasteiger charge is 2.69. The van der Waals surface area contributed by atoms with Gasteiger partial charge in [-0.3, -0.25) is 9.80 Å².